The zero-order valence-electron chi connectivity index (χ0n) is 11.5. The summed E-state index contributed by atoms with van der Waals surface area (Å²) >= 11 is 0. The number of nitrogens with zero attached hydrogens (tertiary/aromatic N) is 1. The molecule has 0 spiro atoms. The second-order valence-corrected chi connectivity index (χ2v) is 5.73. The molecule has 2 unspecified atom stereocenters. The zero-order valence-corrected chi connectivity index (χ0v) is 11.5. The van der Waals surface area contributed by atoms with Gasteiger partial charge in [-0.15, -0.1) is 0 Å². The molecule has 1 fully saturated rings. The lowest BCUT2D eigenvalue weighted by molar-refractivity contribution is 0.146. The van der Waals surface area contributed by atoms with Gasteiger partial charge in [-0.25, -0.2) is 0 Å². The highest BCUT2D eigenvalue weighted by Gasteiger charge is 2.22. The Labute approximate surface area is 110 Å². The summed E-state index contributed by atoms with van der Waals surface area (Å²) in [6.07, 6.45) is 10.8. The minimum atomic E-state index is 0.560. The van der Waals surface area contributed by atoms with Crippen molar-refractivity contribution in [3.8, 4) is 0 Å². The molecule has 18 heavy (non-hydrogen) atoms. The van der Waals surface area contributed by atoms with E-state index in [1.54, 1.807) is 5.57 Å². The van der Waals surface area contributed by atoms with Gasteiger partial charge in [-0.05, 0) is 56.8 Å². The largest absolute Gasteiger partial charge is 0.381 e. The van der Waals surface area contributed by atoms with Crippen molar-refractivity contribution >= 4 is 5.71 Å². The van der Waals surface area contributed by atoms with E-state index >= 15 is 0 Å². The first-order chi connectivity index (χ1) is 8.79. The van der Waals surface area contributed by atoms with Crippen LogP contribution in [0.25, 0.3) is 0 Å². The monoisotopic (exact) mass is 250 g/mol. The molecule has 2 rings (SSSR count). The summed E-state index contributed by atoms with van der Waals surface area (Å²) in [7, 11) is 0. The fourth-order valence-corrected chi connectivity index (χ4v) is 3.26. The van der Waals surface area contributed by atoms with Crippen LogP contribution in [-0.4, -0.2) is 18.9 Å². The van der Waals surface area contributed by atoms with E-state index in [1.807, 2.05) is 0 Å². The lowest BCUT2D eigenvalue weighted by atomic mass is 9.87. The van der Waals surface area contributed by atoms with E-state index in [-0.39, 0.29) is 0 Å². The molecule has 0 aromatic heterocycles. The van der Waals surface area contributed by atoms with E-state index in [1.165, 1.54) is 31.4 Å². The standard InChI is InChI=1S/C15H26N2O/c1-12-10-14(4-2-6-15(12)17-16)11-13-5-3-8-18-9-7-13/h5,12,14H,2-4,6-11,16H2,1H3/b17-15+. The molecule has 1 aliphatic carbocycles. The molecular weight excluding hydrogens is 224 g/mol. The molecule has 2 N–H and O–H groups in total. The van der Waals surface area contributed by atoms with Gasteiger partial charge in [0.05, 0.1) is 13.2 Å². The highest BCUT2D eigenvalue weighted by atomic mass is 16.5. The minimum absolute atomic E-state index is 0.560. The van der Waals surface area contributed by atoms with E-state index in [9.17, 15) is 0 Å². The smallest absolute Gasteiger partial charge is 0.0503 e. The third-order valence-electron chi connectivity index (χ3n) is 4.28. The average molecular weight is 250 g/mol. The van der Waals surface area contributed by atoms with Crippen LogP contribution in [0, 0.1) is 11.8 Å². The number of rotatable bonds is 2. The second kappa shape index (κ2) is 6.93. The third kappa shape index (κ3) is 3.84. The molecular formula is C15H26N2O. The summed E-state index contributed by atoms with van der Waals surface area (Å²) in [5, 5.41) is 3.97. The van der Waals surface area contributed by atoms with Gasteiger partial charge in [-0.1, -0.05) is 18.6 Å². The average Bonchev–Trinajstić information content (AvgIpc) is 2.70. The Balaban J connectivity index is 1.90. The minimum Gasteiger partial charge on any atom is -0.381 e. The summed E-state index contributed by atoms with van der Waals surface area (Å²) in [5.74, 6) is 6.84. The van der Waals surface area contributed by atoms with Gasteiger partial charge in [0.2, 0.25) is 0 Å². The molecule has 2 atom stereocenters. The molecule has 102 valence electrons. The van der Waals surface area contributed by atoms with E-state index < -0.39 is 0 Å². The van der Waals surface area contributed by atoms with E-state index in [2.05, 4.69) is 18.1 Å². The normalized spacial score (nSPS) is 32.7. The Morgan fingerprint density at radius 1 is 1.39 bits per heavy atom. The van der Waals surface area contributed by atoms with Gasteiger partial charge >= 0.3 is 0 Å². The van der Waals surface area contributed by atoms with Crippen LogP contribution < -0.4 is 5.84 Å². The molecule has 2 aliphatic rings. The van der Waals surface area contributed by atoms with Crippen LogP contribution in [0.3, 0.4) is 0 Å². The van der Waals surface area contributed by atoms with Crippen molar-refractivity contribution in [3.05, 3.63) is 11.6 Å². The Bertz CT molecular complexity index is 322. The zero-order chi connectivity index (χ0) is 12.8. The molecule has 1 aliphatic heterocycles. The molecule has 1 heterocycles. The summed E-state index contributed by atoms with van der Waals surface area (Å²) < 4.78 is 5.51. The Morgan fingerprint density at radius 2 is 2.28 bits per heavy atom. The van der Waals surface area contributed by atoms with Crippen LogP contribution >= 0.6 is 0 Å². The molecule has 0 amide bonds. The lowest BCUT2D eigenvalue weighted by Crippen LogP contribution is -2.13. The van der Waals surface area contributed by atoms with Gasteiger partial charge in [0.1, 0.15) is 0 Å². The molecule has 0 aromatic carbocycles. The maximum absolute atomic E-state index is 5.51. The van der Waals surface area contributed by atoms with E-state index in [0.717, 1.165) is 38.4 Å². The Morgan fingerprint density at radius 3 is 3.11 bits per heavy atom. The van der Waals surface area contributed by atoms with Crippen LogP contribution in [0.1, 0.15) is 51.9 Å². The molecule has 0 saturated heterocycles. The van der Waals surface area contributed by atoms with Gasteiger partial charge in [0, 0.05) is 5.71 Å². The fraction of sp³-hybridized carbons (Fsp3) is 0.800. The highest BCUT2D eigenvalue weighted by molar-refractivity contribution is 5.86. The molecule has 3 nitrogen and oxygen atoms in total. The second-order valence-electron chi connectivity index (χ2n) is 5.73. The summed E-state index contributed by atoms with van der Waals surface area (Å²) in [5.41, 5.74) is 2.83. The first-order valence-electron chi connectivity index (χ1n) is 7.32. The Hall–Kier alpha value is -0.830. The first-order valence-corrected chi connectivity index (χ1v) is 7.32. The number of hydrogen-bond donors (Lipinski definition) is 1. The van der Waals surface area contributed by atoms with Gasteiger partial charge in [-0.2, -0.15) is 5.10 Å². The molecule has 1 saturated carbocycles. The maximum Gasteiger partial charge on any atom is 0.0503 e. The van der Waals surface area contributed by atoms with Crippen molar-refractivity contribution in [2.24, 2.45) is 22.8 Å². The quantitative estimate of drug-likeness (QED) is 0.354. The topological polar surface area (TPSA) is 47.6 Å². The highest BCUT2D eigenvalue weighted by Crippen LogP contribution is 2.31. The van der Waals surface area contributed by atoms with Crippen LogP contribution in [0.5, 0.6) is 0 Å². The predicted octanol–water partition coefficient (Wildman–Crippen LogP) is 3.25. The van der Waals surface area contributed by atoms with Crippen LogP contribution in [-0.2, 0) is 4.74 Å². The van der Waals surface area contributed by atoms with Gasteiger partial charge < -0.3 is 10.6 Å². The number of hydrogen-bond acceptors (Lipinski definition) is 3. The van der Waals surface area contributed by atoms with Crippen LogP contribution in [0.15, 0.2) is 16.8 Å². The fourth-order valence-electron chi connectivity index (χ4n) is 3.26. The molecule has 0 radical (unpaired) electrons. The maximum atomic E-state index is 5.51. The molecule has 3 heteroatoms. The van der Waals surface area contributed by atoms with Crippen molar-refractivity contribution in [1.29, 1.82) is 0 Å². The lowest BCUT2D eigenvalue weighted by Gasteiger charge is -2.18. The van der Waals surface area contributed by atoms with Crippen molar-refractivity contribution in [1.82, 2.24) is 0 Å². The SMILES string of the molecule is CC1CC(CC2=CCCOCC2)CCC/C1=N\N. The van der Waals surface area contributed by atoms with Gasteiger partial charge in [0.25, 0.3) is 0 Å². The summed E-state index contributed by atoms with van der Waals surface area (Å²) in [6, 6.07) is 0. The van der Waals surface area contributed by atoms with Crippen molar-refractivity contribution < 1.29 is 4.74 Å². The number of nitrogens with two attached hydrogens (primary N) is 1. The van der Waals surface area contributed by atoms with E-state index in [0.29, 0.717) is 5.92 Å². The van der Waals surface area contributed by atoms with Crippen molar-refractivity contribution in [3.63, 3.8) is 0 Å². The number of ether oxygens (including phenoxy) is 1. The summed E-state index contributed by atoms with van der Waals surface area (Å²) in [4.78, 5) is 0. The first kappa shape index (κ1) is 13.6. The Kier molecular flexibility index (Phi) is 5.24. The number of hydrazone groups is 1. The summed E-state index contributed by atoms with van der Waals surface area (Å²) in [6.45, 7) is 4.08. The third-order valence-corrected chi connectivity index (χ3v) is 4.28. The molecule has 0 aromatic rings. The van der Waals surface area contributed by atoms with Crippen molar-refractivity contribution in [2.45, 2.75) is 51.9 Å². The van der Waals surface area contributed by atoms with E-state index in [4.69, 9.17) is 10.6 Å². The van der Waals surface area contributed by atoms with Crippen LogP contribution in [0.2, 0.25) is 0 Å². The van der Waals surface area contributed by atoms with Gasteiger partial charge in [0.15, 0.2) is 0 Å². The van der Waals surface area contributed by atoms with Gasteiger partial charge in [-0.3, -0.25) is 0 Å². The predicted molar refractivity (Wildman–Crippen MR) is 75.5 cm³/mol. The van der Waals surface area contributed by atoms with Crippen molar-refractivity contribution in [2.75, 3.05) is 13.2 Å². The molecule has 0 bridgehead atoms. The van der Waals surface area contributed by atoms with Crippen LogP contribution in [0.4, 0.5) is 0 Å².